The molecule has 25 heavy (non-hydrogen) atoms. The van der Waals surface area contributed by atoms with E-state index >= 15 is 0 Å². The molecule has 0 spiro atoms. The van der Waals surface area contributed by atoms with Crippen molar-refractivity contribution in [3.05, 3.63) is 86.5 Å². The van der Waals surface area contributed by atoms with Crippen molar-refractivity contribution in [1.29, 1.82) is 0 Å². The van der Waals surface area contributed by atoms with Gasteiger partial charge in [-0.3, -0.25) is 14.9 Å². The molecule has 0 saturated carbocycles. The van der Waals surface area contributed by atoms with Crippen LogP contribution in [0.2, 0.25) is 0 Å². The Kier molecular flexibility index (Phi) is 4.30. The molecule has 0 aliphatic carbocycles. The van der Waals surface area contributed by atoms with Gasteiger partial charge in [0.2, 0.25) is 0 Å². The third-order valence-electron chi connectivity index (χ3n) is 3.83. The number of hydrogen-bond donors (Lipinski definition) is 1. The number of nitro groups is 1. The van der Waals surface area contributed by atoms with Gasteiger partial charge in [-0.2, -0.15) is 0 Å². The van der Waals surface area contributed by atoms with E-state index in [-0.39, 0.29) is 22.9 Å². The van der Waals surface area contributed by atoms with Gasteiger partial charge in [-0.25, -0.2) is 4.79 Å². The van der Waals surface area contributed by atoms with Crippen LogP contribution in [0, 0.1) is 10.1 Å². The van der Waals surface area contributed by atoms with Gasteiger partial charge < -0.3 is 9.73 Å². The van der Waals surface area contributed by atoms with Gasteiger partial charge in [0.05, 0.1) is 16.4 Å². The van der Waals surface area contributed by atoms with Crippen molar-refractivity contribution in [1.82, 2.24) is 5.32 Å². The SMILES string of the molecule is C[C@H](NC(=O)c1cc2ccc([N+](=O)[O-])cc2c(=O)o1)c1ccccc1. The summed E-state index contributed by atoms with van der Waals surface area (Å²) in [7, 11) is 0. The van der Waals surface area contributed by atoms with E-state index in [4.69, 9.17) is 4.42 Å². The number of amides is 1. The predicted octanol–water partition coefficient (Wildman–Crippen LogP) is 3.19. The molecule has 7 nitrogen and oxygen atoms in total. The first kappa shape index (κ1) is 16.4. The zero-order valence-corrected chi connectivity index (χ0v) is 13.3. The van der Waals surface area contributed by atoms with Crippen LogP contribution in [0.1, 0.15) is 29.1 Å². The molecular formula is C18H14N2O5. The van der Waals surface area contributed by atoms with Crippen LogP contribution in [0.5, 0.6) is 0 Å². The van der Waals surface area contributed by atoms with Crippen LogP contribution < -0.4 is 10.9 Å². The summed E-state index contributed by atoms with van der Waals surface area (Å²) in [4.78, 5) is 34.6. The lowest BCUT2D eigenvalue weighted by atomic mass is 10.1. The first-order valence-corrected chi connectivity index (χ1v) is 7.54. The molecule has 0 unspecified atom stereocenters. The number of non-ortho nitro benzene ring substituents is 1. The van der Waals surface area contributed by atoms with E-state index in [1.54, 1.807) is 0 Å². The highest BCUT2D eigenvalue weighted by Gasteiger charge is 2.17. The van der Waals surface area contributed by atoms with Gasteiger partial charge in [0, 0.05) is 12.1 Å². The van der Waals surface area contributed by atoms with E-state index < -0.39 is 16.5 Å². The Balaban J connectivity index is 1.91. The van der Waals surface area contributed by atoms with Gasteiger partial charge in [0.15, 0.2) is 5.76 Å². The van der Waals surface area contributed by atoms with E-state index in [2.05, 4.69) is 5.32 Å². The fourth-order valence-electron chi connectivity index (χ4n) is 2.49. The Morgan fingerprint density at radius 2 is 1.88 bits per heavy atom. The van der Waals surface area contributed by atoms with Crippen molar-refractivity contribution in [2.75, 3.05) is 0 Å². The molecule has 0 fully saturated rings. The monoisotopic (exact) mass is 338 g/mol. The van der Waals surface area contributed by atoms with E-state index in [0.29, 0.717) is 5.39 Å². The van der Waals surface area contributed by atoms with Gasteiger partial charge >= 0.3 is 5.63 Å². The topological polar surface area (TPSA) is 102 Å². The van der Waals surface area contributed by atoms with Crippen molar-refractivity contribution in [3.8, 4) is 0 Å². The van der Waals surface area contributed by atoms with Crippen molar-refractivity contribution >= 4 is 22.4 Å². The number of rotatable bonds is 4. The second-order valence-corrected chi connectivity index (χ2v) is 5.53. The Hall–Kier alpha value is -3.48. The van der Waals surface area contributed by atoms with Crippen molar-refractivity contribution < 1.29 is 14.1 Å². The minimum atomic E-state index is -0.793. The van der Waals surface area contributed by atoms with Crippen LogP contribution in [-0.4, -0.2) is 10.8 Å². The van der Waals surface area contributed by atoms with Gasteiger partial charge in [-0.1, -0.05) is 30.3 Å². The molecule has 1 amide bonds. The molecule has 0 radical (unpaired) electrons. The highest BCUT2D eigenvalue weighted by Crippen LogP contribution is 2.20. The Morgan fingerprint density at radius 1 is 1.16 bits per heavy atom. The third kappa shape index (κ3) is 3.40. The van der Waals surface area contributed by atoms with E-state index in [1.165, 1.54) is 18.2 Å². The predicted molar refractivity (Wildman–Crippen MR) is 91.5 cm³/mol. The number of carbonyl (C=O) groups excluding carboxylic acids is 1. The molecule has 0 saturated heterocycles. The number of nitro benzene ring substituents is 1. The number of nitrogens with one attached hydrogen (secondary N) is 1. The highest BCUT2D eigenvalue weighted by molar-refractivity contribution is 5.95. The lowest BCUT2D eigenvalue weighted by molar-refractivity contribution is -0.384. The first-order chi connectivity index (χ1) is 12.0. The van der Waals surface area contributed by atoms with Crippen LogP contribution in [0.25, 0.3) is 10.8 Å². The molecule has 3 aromatic rings. The van der Waals surface area contributed by atoms with Gasteiger partial charge in [0.25, 0.3) is 11.6 Å². The molecular weight excluding hydrogens is 324 g/mol. The second-order valence-electron chi connectivity index (χ2n) is 5.53. The van der Waals surface area contributed by atoms with Crippen molar-refractivity contribution in [2.45, 2.75) is 13.0 Å². The van der Waals surface area contributed by atoms with E-state index in [0.717, 1.165) is 11.6 Å². The summed E-state index contributed by atoms with van der Waals surface area (Å²) in [6.45, 7) is 1.82. The molecule has 1 aromatic heterocycles. The maximum Gasteiger partial charge on any atom is 0.344 e. The molecule has 1 N–H and O–H groups in total. The fraction of sp³-hybridized carbons (Fsp3) is 0.111. The fourth-order valence-corrected chi connectivity index (χ4v) is 2.49. The highest BCUT2D eigenvalue weighted by atomic mass is 16.6. The van der Waals surface area contributed by atoms with Gasteiger partial charge in [-0.15, -0.1) is 0 Å². The number of benzene rings is 2. The molecule has 2 aromatic carbocycles. The third-order valence-corrected chi connectivity index (χ3v) is 3.83. The van der Waals surface area contributed by atoms with Crippen LogP contribution in [0.15, 0.2) is 63.8 Å². The second kappa shape index (κ2) is 6.56. The molecule has 7 heteroatoms. The summed E-state index contributed by atoms with van der Waals surface area (Å²) in [5.41, 5.74) is -0.0944. The number of fused-ring (bicyclic) bond motifs is 1. The summed E-state index contributed by atoms with van der Waals surface area (Å²) >= 11 is 0. The average molecular weight is 338 g/mol. The van der Waals surface area contributed by atoms with E-state index in [9.17, 15) is 19.7 Å². The van der Waals surface area contributed by atoms with Crippen molar-refractivity contribution in [3.63, 3.8) is 0 Å². The molecule has 0 bridgehead atoms. The minimum absolute atomic E-state index is 0.0573. The zero-order chi connectivity index (χ0) is 18.0. The molecule has 1 heterocycles. The average Bonchev–Trinajstić information content (AvgIpc) is 2.61. The maximum absolute atomic E-state index is 12.3. The standard InChI is InChI=1S/C18H14N2O5/c1-11(12-5-3-2-4-6-12)19-17(21)16-9-13-7-8-14(20(23)24)10-15(13)18(22)25-16/h2-11H,1H3,(H,19,21)/t11-/m0/s1. The van der Waals surface area contributed by atoms with Crippen LogP contribution in [-0.2, 0) is 0 Å². The van der Waals surface area contributed by atoms with Crippen LogP contribution in [0.4, 0.5) is 5.69 Å². The Labute approximate surface area is 142 Å². The zero-order valence-electron chi connectivity index (χ0n) is 13.3. The first-order valence-electron chi connectivity index (χ1n) is 7.54. The summed E-state index contributed by atoms with van der Waals surface area (Å²) in [6, 6.07) is 14.3. The summed E-state index contributed by atoms with van der Waals surface area (Å²) in [5.74, 6) is -0.678. The van der Waals surface area contributed by atoms with Crippen molar-refractivity contribution in [2.24, 2.45) is 0 Å². The number of nitrogens with zero attached hydrogens (tertiary/aromatic N) is 1. The number of carbonyl (C=O) groups is 1. The van der Waals surface area contributed by atoms with E-state index in [1.807, 2.05) is 37.3 Å². The Morgan fingerprint density at radius 3 is 2.56 bits per heavy atom. The number of hydrogen-bond acceptors (Lipinski definition) is 5. The molecule has 0 aliphatic heterocycles. The Bertz CT molecular complexity index is 1010. The minimum Gasteiger partial charge on any atom is -0.417 e. The summed E-state index contributed by atoms with van der Waals surface area (Å²) < 4.78 is 5.03. The normalized spacial score (nSPS) is 11.9. The largest absolute Gasteiger partial charge is 0.417 e. The van der Waals surface area contributed by atoms with Gasteiger partial charge in [0.1, 0.15) is 0 Å². The van der Waals surface area contributed by atoms with Gasteiger partial charge in [-0.05, 0) is 30.0 Å². The lowest BCUT2D eigenvalue weighted by Gasteiger charge is -2.13. The molecule has 3 rings (SSSR count). The summed E-state index contributed by atoms with van der Waals surface area (Å²) in [5, 5.41) is 14.0. The lowest BCUT2D eigenvalue weighted by Crippen LogP contribution is -2.27. The molecule has 0 aliphatic rings. The molecule has 126 valence electrons. The van der Waals surface area contributed by atoms with Crippen LogP contribution >= 0.6 is 0 Å². The maximum atomic E-state index is 12.3. The smallest absolute Gasteiger partial charge is 0.344 e. The summed E-state index contributed by atoms with van der Waals surface area (Å²) in [6.07, 6.45) is 0. The van der Waals surface area contributed by atoms with Crippen LogP contribution in [0.3, 0.4) is 0 Å². The quantitative estimate of drug-likeness (QED) is 0.581. The molecule has 1 atom stereocenters.